The maximum atomic E-state index is 8.87. The van der Waals surface area contributed by atoms with Gasteiger partial charge in [-0.3, -0.25) is 0 Å². The second-order valence-electron chi connectivity index (χ2n) is 3.72. The van der Waals surface area contributed by atoms with Crippen molar-refractivity contribution in [2.45, 2.75) is 26.1 Å². The SMILES string of the molecule is COCc1cccc(CNC(C)CO)c1. The molecule has 0 aliphatic rings. The first-order valence-corrected chi connectivity index (χ1v) is 5.17. The molecule has 15 heavy (non-hydrogen) atoms. The first-order valence-electron chi connectivity index (χ1n) is 5.17. The van der Waals surface area contributed by atoms with E-state index in [4.69, 9.17) is 9.84 Å². The van der Waals surface area contributed by atoms with Crippen LogP contribution in [-0.4, -0.2) is 24.9 Å². The molecule has 3 nitrogen and oxygen atoms in total. The van der Waals surface area contributed by atoms with Crippen molar-refractivity contribution in [3.63, 3.8) is 0 Å². The lowest BCUT2D eigenvalue weighted by Crippen LogP contribution is -2.28. The Hall–Kier alpha value is -0.900. The lowest BCUT2D eigenvalue weighted by Gasteiger charge is -2.11. The first kappa shape index (κ1) is 12.2. The summed E-state index contributed by atoms with van der Waals surface area (Å²) in [6, 6.07) is 8.38. The molecule has 0 saturated heterocycles. The van der Waals surface area contributed by atoms with E-state index in [0.717, 1.165) is 6.54 Å². The zero-order valence-corrected chi connectivity index (χ0v) is 9.36. The van der Waals surface area contributed by atoms with Crippen LogP contribution in [0.15, 0.2) is 24.3 Å². The topological polar surface area (TPSA) is 41.5 Å². The predicted octanol–water partition coefficient (Wildman–Crippen LogP) is 1.30. The lowest BCUT2D eigenvalue weighted by atomic mass is 10.1. The molecule has 1 unspecified atom stereocenters. The van der Waals surface area contributed by atoms with Gasteiger partial charge in [-0.05, 0) is 18.1 Å². The zero-order chi connectivity index (χ0) is 11.1. The molecule has 3 heteroatoms. The van der Waals surface area contributed by atoms with E-state index < -0.39 is 0 Å². The average molecular weight is 209 g/mol. The van der Waals surface area contributed by atoms with Gasteiger partial charge in [-0.25, -0.2) is 0 Å². The molecule has 1 rings (SSSR count). The van der Waals surface area contributed by atoms with Crippen LogP contribution in [0.2, 0.25) is 0 Å². The van der Waals surface area contributed by atoms with Crippen LogP contribution < -0.4 is 5.32 Å². The van der Waals surface area contributed by atoms with E-state index in [1.165, 1.54) is 11.1 Å². The highest BCUT2D eigenvalue weighted by Crippen LogP contribution is 2.06. The van der Waals surface area contributed by atoms with Gasteiger partial charge in [-0.1, -0.05) is 24.3 Å². The van der Waals surface area contributed by atoms with Gasteiger partial charge in [0, 0.05) is 19.7 Å². The molecule has 0 aliphatic carbocycles. The van der Waals surface area contributed by atoms with Gasteiger partial charge in [-0.2, -0.15) is 0 Å². The number of aliphatic hydroxyl groups is 1. The lowest BCUT2D eigenvalue weighted by molar-refractivity contribution is 0.185. The Bertz CT molecular complexity index is 289. The molecule has 0 spiro atoms. The van der Waals surface area contributed by atoms with Crippen molar-refractivity contribution in [1.29, 1.82) is 0 Å². The summed E-state index contributed by atoms with van der Waals surface area (Å²) in [5.74, 6) is 0. The predicted molar refractivity (Wildman–Crippen MR) is 60.5 cm³/mol. The first-order chi connectivity index (χ1) is 7.26. The van der Waals surface area contributed by atoms with Crippen molar-refractivity contribution >= 4 is 0 Å². The van der Waals surface area contributed by atoms with Crippen LogP contribution in [0, 0.1) is 0 Å². The second kappa shape index (κ2) is 6.56. The second-order valence-corrected chi connectivity index (χ2v) is 3.72. The molecule has 1 aromatic rings. The van der Waals surface area contributed by atoms with Crippen LogP contribution in [0.25, 0.3) is 0 Å². The number of aliphatic hydroxyl groups excluding tert-OH is 1. The van der Waals surface area contributed by atoms with Gasteiger partial charge in [0.05, 0.1) is 13.2 Å². The summed E-state index contributed by atoms with van der Waals surface area (Å²) in [4.78, 5) is 0. The summed E-state index contributed by atoms with van der Waals surface area (Å²) in [7, 11) is 1.69. The zero-order valence-electron chi connectivity index (χ0n) is 9.36. The molecule has 0 radical (unpaired) electrons. The van der Waals surface area contributed by atoms with E-state index in [-0.39, 0.29) is 12.6 Å². The van der Waals surface area contributed by atoms with Gasteiger partial charge >= 0.3 is 0 Å². The van der Waals surface area contributed by atoms with Crippen LogP contribution in [0.5, 0.6) is 0 Å². The van der Waals surface area contributed by atoms with Gasteiger partial charge in [0.1, 0.15) is 0 Å². The molecule has 0 aromatic heterocycles. The molecule has 0 fully saturated rings. The van der Waals surface area contributed by atoms with Gasteiger partial charge in [0.25, 0.3) is 0 Å². The van der Waals surface area contributed by atoms with Crippen molar-refractivity contribution in [3.8, 4) is 0 Å². The molecule has 0 aliphatic heterocycles. The quantitative estimate of drug-likeness (QED) is 0.742. The molecule has 0 saturated carbocycles. The fraction of sp³-hybridized carbons (Fsp3) is 0.500. The van der Waals surface area contributed by atoms with E-state index in [1.807, 2.05) is 19.1 Å². The van der Waals surface area contributed by atoms with Crippen molar-refractivity contribution in [2.75, 3.05) is 13.7 Å². The van der Waals surface area contributed by atoms with Crippen LogP contribution in [0.3, 0.4) is 0 Å². The maximum Gasteiger partial charge on any atom is 0.0713 e. The normalized spacial score (nSPS) is 12.7. The number of methoxy groups -OCH3 is 1. The molecule has 84 valence electrons. The van der Waals surface area contributed by atoms with Crippen molar-refractivity contribution < 1.29 is 9.84 Å². The number of hydrogen-bond acceptors (Lipinski definition) is 3. The third-order valence-corrected chi connectivity index (χ3v) is 2.23. The van der Waals surface area contributed by atoms with E-state index in [9.17, 15) is 0 Å². The van der Waals surface area contributed by atoms with Crippen molar-refractivity contribution in [1.82, 2.24) is 5.32 Å². The highest BCUT2D eigenvalue weighted by Gasteiger charge is 1.99. The van der Waals surface area contributed by atoms with Crippen LogP contribution in [0.4, 0.5) is 0 Å². The average Bonchev–Trinajstić information content (AvgIpc) is 2.27. The van der Waals surface area contributed by atoms with Crippen molar-refractivity contribution in [2.24, 2.45) is 0 Å². The summed E-state index contributed by atoms with van der Waals surface area (Å²) in [6.07, 6.45) is 0. The Labute approximate surface area is 91.1 Å². The summed E-state index contributed by atoms with van der Waals surface area (Å²) in [5, 5.41) is 12.1. The fourth-order valence-corrected chi connectivity index (χ4v) is 1.35. The molecular formula is C12H19NO2. The Kier molecular flexibility index (Phi) is 5.32. The summed E-state index contributed by atoms with van der Waals surface area (Å²) in [5.41, 5.74) is 2.39. The standard InChI is InChI=1S/C12H19NO2/c1-10(8-14)13-7-11-4-3-5-12(6-11)9-15-2/h3-6,10,13-14H,7-9H2,1-2H3. The third kappa shape index (κ3) is 4.42. The molecule has 2 N–H and O–H groups in total. The highest BCUT2D eigenvalue weighted by molar-refractivity contribution is 5.22. The molecule has 1 atom stereocenters. The molecular weight excluding hydrogens is 190 g/mol. The maximum absolute atomic E-state index is 8.87. The van der Waals surface area contributed by atoms with E-state index in [2.05, 4.69) is 17.4 Å². The van der Waals surface area contributed by atoms with E-state index in [1.54, 1.807) is 7.11 Å². The number of benzene rings is 1. The van der Waals surface area contributed by atoms with Crippen LogP contribution in [0.1, 0.15) is 18.1 Å². The van der Waals surface area contributed by atoms with Crippen LogP contribution >= 0.6 is 0 Å². The van der Waals surface area contributed by atoms with Gasteiger partial charge in [0.2, 0.25) is 0 Å². The van der Waals surface area contributed by atoms with Crippen LogP contribution in [-0.2, 0) is 17.9 Å². The highest BCUT2D eigenvalue weighted by atomic mass is 16.5. The Balaban J connectivity index is 2.50. The Morgan fingerprint density at radius 2 is 2.13 bits per heavy atom. The Morgan fingerprint density at radius 3 is 2.80 bits per heavy atom. The number of hydrogen-bond donors (Lipinski definition) is 2. The van der Waals surface area contributed by atoms with Gasteiger partial charge in [-0.15, -0.1) is 0 Å². The Morgan fingerprint density at radius 1 is 1.40 bits per heavy atom. The summed E-state index contributed by atoms with van der Waals surface area (Å²) >= 11 is 0. The van der Waals surface area contributed by atoms with Gasteiger partial charge < -0.3 is 15.2 Å². The van der Waals surface area contributed by atoms with Crippen molar-refractivity contribution in [3.05, 3.63) is 35.4 Å². The molecule has 0 heterocycles. The third-order valence-electron chi connectivity index (χ3n) is 2.23. The smallest absolute Gasteiger partial charge is 0.0713 e. The summed E-state index contributed by atoms with van der Waals surface area (Å²) < 4.78 is 5.07. The van der Waals surface area contributed by atoms with E-state index in [0.29, 0.717) is 6.61 Å². The number of rotatable bonds is 6. The molecule has 1 aromatic carbocycles. The van der Waals surface area contributed by atoms with E-state index >= 15 is 0 Å². The minimum absolute atomic E-state index is 0.135. The summed E-state index contributed by atoms with van der Waals surface area (Å²) in [6.45, 7) is 3.54. The molecule has 0 bridgehead atoms. The van der Waals surface area contributed by atoms with Gasteiger partial charge in [0.15, 0.2) is 0 Å². The number of ether oxygens (including phenoxy) is 1. The minimum atomic E-state index is 0.135. The minimum Gasteiger partial charge on any atom is -0.395 e. The molecule has 0 amide bonds. The number of nitrogens with one attached hydrogen (secondary N) is 1. The largest absolute Gasteiger partial charge is 0.395 e. The monoisotopic (exact) mass is 209 g/mol. The fourth-order valence-electron chi connectivity index (χ4n) is 1.35.